The van der Waals surface area contributed by atoms with Crippen LogP contribution in [0, 0.1) is 5.41 Å². The van der Waals surface area contributed by atoms with E-state index in [0.29, 0.717) is 13.2 Å². The summed E-state index contributed by atoms with van der Waals surface area (Å²) in [7, 11) is 0. The fraction of sp³-hybridized carbons (Fsp3) is 1.00. The van der Waals surface area contributed by atoms with Gasteiger partial charge in [-0.25, -0.2) is 0 Å². The van der Waals surface area contributed by atoms with Crippen LogP contribution >= 0.6 is 0 Å². The van der Waals surface area contributed by atoms with Gasteiger partial charge in [-0.1, -0.05) is 39.5 Å². The topological polar surface area (TPSA) is 40.5 Å². The molecule has 0 aromatic heterocycles. The maximum Gasteiger partial charge on any atom is 0.0487 e. The average molecular weight is 216 g/mol. The van der Waals surface area contributed by atoms with Crippen molar-refractivity contribution in [2.75, 3.05) is 13.2 Å². The van der Waals surface area contributed by atoms with Crippen molar-refractivity contribution in [3.8, 4) is 0 Å². The Morgan fingerprint density at radius 3 is 2.00 bits per heavy atom. The van der Waals surface area contributed by atoms with Crippen LogP contribution in [-0.4, -0.2) is 23.4 Å². The molecule has 2 nitrogen and oxygen atoms in total. The van der Waals surface area contributed by atoms with Gasteiger partial charge in [-0.15, -0.1) is 0 Å². The first-order valence-electron chi connectivity index (χ1n) is 6.46. The molecule has 1 unspecified atom stereocenters. The van der Waals surface area contributed by atoms with Gasteiger partial charge in [0.25, 0.3) is 0 Å². The molecule has 0 spiro atoms. The van der Waals surface area contributed by atoms with Crippen molar-refractivity contribution in [3.05, 3.63) is 0 Å². The van der Waals surface area contributed by atoms with Crippen LogP contribution in [-0.2, 0) is 0 Å². The average Bonchev–Trinajstić information content (AvgIpc) is 2.29. The number of aliphatic hydroxyl groups excluding tert-OH is 2. The van der Waals surface area contributed by atoms with Crippen LogP contribution in [0.1, 0.15) is 65.2 Å². The third-order valence-electron chi connectivity index (χ3n) is 3.51. The summed E-state index contributed by atoms with van der Waals surface area (Å²) in [6.07, 6.45) is 8.88. The van der Waals surface area contributed by atoms with E-state index in [1.165, 1.54) is 12.8 Å². The lowest BCUT2D eigenvalue weighted by atomic mass is 9.77. The Morgan fingerprint density at radius 2 is 1.53 bits per heavy atom. The summed E-state index contributed by atoms with van der Waals surface area (Å²) in [5.41, 5.74) is 0.158. The lowest BCUT2D eigenvalue weighted by Crippen LogP contribution is -2.24. The minimum atomic E-state index is 0.158. The van der Waals surface area contributed by atoms with Gasteiger partial charge in [0.2, 0.25) is 0 Å². The molecule has 0 aromatic rings. The van der Waals surface area contributed by atoms with Crippen molar-refractivity contribution in [3.63, 3.8) is 0 Å². The third-order valence-corrected chi connectivity index (χ3v) is 3.51. The van der Waals surface area contributed by atoms with Gasteiger partial charge in [-0.05, 0) is 31.1 Å². The van der Waals surface area contributed by atoms with E-state index in [0.717, 1.165) is 38.5 Å². The molecule has 0 bridgehead atoms. The van der Waals surface area contributed by atoms with Gasteiger partial charge in [0, 0.05) is 13.2 Å². The zero-order valence-corrected chi connectivity index (χ0v) is 10.5. The zero-order chi connectivity index (χ0) is 11.6. The normalized spacial score (nSPS) is 15.2. The van der Waals surface area contributed by atoms with Gasteiger partial charge in [0.15, 0.2) is 0 Å². The number of aliphatic hydroxyl groups is 2. The summed E-state index contributed by atoms with van der Waals surface area (Å²) in [6, 6.07) is 0. The maximum absolute atomic E-state index is 9.51. The van der Waals surface area contributed by atoms with E-state index in [-0.39, 0.29) is 5.41 Å². The Labute approximate surface area is 94.7 Å². The van der Waals surface area contributed by atoms with Gasteiger partial charge in [-0.3, -0.25) is 0 Å². The Morgan fingerprint density at radius 1 is 0.867 bits per heavy atom. The monoisotopic (exact) mass is 216 g/mol. The molecule has 0 rings (SSSR count). The lowest BCUT2D eigenvalue weighted by Gasteiger charge is -2.30. The first kappa shape index (κ1) is 14.9. The van der Waals surface area contributed by atoms with Crippen LogP contribution in [0.15, 0.2) is 0 Å². The lowest BCUT2D eigenvalue weighted by molar-refractivity contribution is 0.0939. The summed E-state index contributed by atoms with van der Waals surface area (Å²) in [5, 5.41) is 18.2. The molecule has 0 amide bonds. The molecule has 0 heterocycles. The van der Waals surface area contributed by atoms with Crippen LogP contribution in [0.5, 0.6) is 0 Å². The van der Waals surface area contributed by atoms with E-state index >= 15 is 0 Å². The number of hydrogen-bond donors (Lipinski definition) is 2. The van der Waals surface area contributed by atoms with Crippen LogP contribution in [0.25, 0.3) is 0 Å². The summed E-state index contributed by atoms with van der Waals surface area (Å²) in [6.45, 7) is 5.00. The predicted molar refractivity (Wildman–Crippen MR) is 64.9 cm³/mol. The molecular weight excluding hydrogens is 188 g/mol. The minimum Gasteiger partial charge on any atom is -0.396 e. The molecule has 0 saturated carbocycles. The second kappa shape index (κ2) is 9.17. The summed E-state index contributed by atoms with van der Waals surface area (Å²) >= 11 is 0. The van der Waals surface area contributed by atoms with E-state index in [1.54, 1.807) is 0 Å². The second-order valence-electron chi connectivity index (χ2n) is 4.65. The molecule has 0 aliphatic rings. The van der Waals surface area contributed by atoms with Crippen molar-refractivity contribution in [2.24, 2.45) is 5.41 Å². The fourth-order valence-electron chi connectivity index (χ4n) is 2.09. The highest BCUT2D eigenvalue weighted by Crippen LogP contribution is 2.34. The van der Waals surface area contributed by atoms with E-state index in [1.807, 2.05) is 0 Å². The first-order valence-corrected chi connectivity index (χ1v) is 6.46. The fourth-order valence-corrected chi connectivity index (χ4v) is 2.09. The van der Waals surface area contributed by atoms with Crippen molar-refractivity contribution in [2.45, 2.75) is 65.2 Å². The molecular formula is C13H28O2. The predicted octanol–water partition coefficient (Wildman–Crippen LogP) is 3.12. The van der Waals surface area contributed by atoms with Crippen LogP contribution in [0.2, 0.25) is 0 Å². The van der Waals surface area contributed by atoms with Crippen molar-refractivity contribution >= 4 is 0 Å². The minimum absolute atomic E-state index is 0.158. The highest BCUT2D eigenvalue weighted by molar-refractivity contribution is 4.77. The molecule has 2 N–H and O–H groups in total. The van der Waals surface area contributed by atoms with E-state index in [9.17, 15) is 5.11 Å². The number of hydrogen-bond acceptors (Lipinski definition) is 2. The molecule has 0 aromatic carbocycles. The smallest absolute Gasteiger partial charge is 0.0487 e. The number of rotatable bonds is 10. The zero-order valence-electron chi connectivity index (χ0n) is 10.5. The summed E-state index contributed by atoms with van der Waals surface area (Å²) < 4.78 is 0. The summed E-state index contributed by atoms with van der Waals surface area (Å²) in [4.78, 5) is 0. The first-order chi connectivity index (χ1) is 7.24. The SMILES string of the molecule is CCCCC(CC)(CO)CCCCCO. The van der Waals surface area contributed by atoms with E-state index in [2.05, 4.69) is 13.8 Å². The van der Waals surface area contributed by atoms with Crippen LogP contribution in [0.3, 0.4) is 0 Å². The van der Waals surface area contributed by atoms with Crippen LogP contribution in [0.4, 0.5) is 0 Å². The largest absolute Gasteiger partial charge is 0.396 e. The Balaban J connectivity index is 3.88. The molecule has 1 atom stereocenters. The molecule has 2 heteroatoms. The van der Waals surface area contributed by atoms with Gasteiger partial charge in [0.05, 0.1) is 0 Å². The van der Waals surface area contributed by atoms with Crippen LogP contribution < -0.4 is 0 Å². The van der Waals surface area contributed by atoms with Gasteiger partial charge in [-0.2, -0.15) is 0 Å². The summed E-state index contributed by atoms with van der Waals surface area (Å²) in [5.74, 6) is 0. The van der Waals surface area contributed by atoms with Gasteiger partial charge in [0.1, 0.15) is 0 Å². The molecule has 0 fully saturated rings. The molecule has 0 saturated heterocycles. The molecule has 0 radical (unpaired) electrons. The third kappa shape index (κ3) is 6.16. The van der Waals surface area contributed by atoms with Gasteiger partial charge >= 0.3 is 0 Å². The highest BCUT2D eigenvalue weighted by Gasteiger charge is 2.25. The standard InChI is InChI=1S/C13H28O2/c1-3-5-9-13(4-2,12-15)10-7-6-8-11-14/h14-15H,3-12H2,1-2H3. The highest BCUT2D eigenvalue weighted by atomic mass is 16.3. The van der Waals surface area contributed by atoms with Gasteiger partial charge < -0.3 is 10.2 Å². The Kier molecular flexibility index (Phi) is 9.12. The Bertz CT molecular complexity index is 130. The Hall–Kier alpha value is -0.0800. The second-order valence-corrected chi connectivity index (χ2v) is 4.65. The van der Waals surface area contributed by atoms with E-state index < -0.39 is 0 Å². The quantitative estimate of drug-likeness (QED) is 0.551. The van der Waals surface area contributed by atoms with Crippen molar-refractivity contribution in [1.82, 2.24) is 0 Å². The van der Waals surface area contributed by atoms with E-state index in [4.69, 9.17) is 5.11 Å². The molecule has 92 valence electrons. The maximum atomic E-state index is 9.51. The molecule has 0 aliphatic heterocycles. The number of unbranched alkanes of at least 4 members (excludes halogenated alkanes) is 3. The molecule has 0 aliphatic carbocycles. The van der Waals surface area contributed by atoms with Crippen molar-refractivity contribution < 1.29 is 10.2 Å². The molecule has 15 heavy (non-hydrogen) atoms. The van der Waals surface area contributed by atoms with Crippen molar-refractivity contribution in [1.29, 1.82) is 0 Å².